The zero-order valence-corrected chi connectivity index (χ0v) is 15.6. The number of rotatable bonds is 4. The molecule has 2 aromatic heterocycles. The van der Waals surface area contributed by atoms with Crippen LogP contribution in [-0.4, -0.2) is 52.5 Å². The Morgan fingerprint density at radius 1 is 1.22 bits per heavy atom. The minimum Gasteiger partial charge on any atom is -0.391 e. The number of β-amino-alcohol motifs (C(OH)–C–C–N with tert-alkyl or cyclic N) is 1. The Morgan fingerprint density at radius 3 is 2.63 bits per heavy atom. The first-order chi connectivity index (χ1) is 12.9. The van der Waals surface area contributed by atoms with Gasteiger partial charge < -0.3 is 10.0 Å². The lowest BCUT2D eigenvalue weighted by Gasteiger charge is -2.32. The molecule has 0 radical (unpaired) electrons. The number of nitrogens with zero attached hydrogens (tertiary/aromatic N) is 5. The molecule has 0 aliphatic carbocycles. The summed E-state index contributed by atoms with van der Waals surface area (Å²) in [6, 6.07) is 7.27. The van der Waals surface area contributed by atoms with Crippen LogP contribution in [0, 0.1) is 0 Å². The van der Waals surface area contributed by atoms with Crippen LogP contribution in [0.15, 0.2) is 41.6 Å². The van der Waals surface area contributed by atoms with E-state index in [-0.39, 0.29) is 10.7 Å². The topological polar surface area (TPSA) is 113 Å². The highest BCUT2D eigenvalue weighted by Crippen LogP contribution is 2.29. The van der Waals surface area contributed by atoms with Gasteiger partial charge in [-0.15, -0.1) is 0 Å². The van der Waals surface area contributed by atoms with Crippen LogP contribution in [0.4, 0.5) is 11.6 Å². The Balaban J connectivity index is 1.79. The lowest BCUT2D eigenvalue weighted by atomic mass is 10.1. The zero-order valence-electron chi connectivity index (χ0n) is 14.8. The third-order valence-electron chi connectivity index (χ3n) is 4.47. The summed E-state index contributed by atoms with van der Waals surface area (Å²) in [5.74, 6) is 0.562. The molecule has 3 heterocycles. The average molecular weight is 388 g/mol. The van der Waals surface area contributed by atoms with Crippen LogP contribution in [-0.2, 0) is 17.1 Å². The molecule has 142 valence electrons. The van der Waals surface area contributed by atoms with Crippen molar-refractivity contribution >= 4 is 32.7 Å². The summed E-state index contributed by atoms with van der Waals surface area (Å²) < 4.78 is 29.5. The molecule has 1 saturated heterocycles. The second kappa shape index (κ2) is 6.78. The highest BCUT2D eigenvalue weighted by Gasteiger charge is 2.26. The van der Waals surface area contributed by atoms with Crippen molar-refractivity contribution in [3.63, 3.8) is 0 Å². The Hall–Kier alpha value is -2.72. The lowest BCUT2D eigenvalue weighted by Crippen LogP contribution is -2.39. The van der Waals surface area contributed by atoms with E-state index in [2.05, 4.69) is 19.8 Å². The van der Waals surface area contributed by atoms with Gasteiger partial charge in [0.2, 0.25) is 0 Å². The molecule has 1 aliphatic heterocycles. The van der Waals surface area contributed by atoms with Crippen LogP contribution in [0.1, 0.15) is 12.8 Å². The van der Waals surface area contributed by atoms with Crippen LogP contribution < -0.4 is 9.62 Å². The van der Waals surface area contributed by atoms with E-state index in [1.165, 1.54) is 17.1 Å². The maximum Gasteiger partial charge on any atom is 0.266 e. The minimum absolute atomic E-state index is 0.0459. The standard InChI is InChI=1S/C17H20N6O3S/c1-22-11-13(9-18-22)27(25,26)21-16-17(23-8-4-5-12(24)10-23)20-15-7-3-2-6-14(15)19-16/h2-3,6-7,9,11-12,24H,4-5,8,10H2,1H3,(H,19,21). The van der Waals surface area contributed by atoms with Crippen molar-refractivity contribution in [2.24, 2.45) is 7.05 Å². The van der Waals surface area contributed by atoms with Gasteiger partial charge in [-0.1, -0.05) is 12.1 Å². The third kappa shape index (κ3) is 3.58. The first-order valence-electron chi connectivity index (χ1n) is 8.64. The molecule has 0 bridgehead atoms. The minimum atomic E-state index is -3.86. The molecule has 1 fully saturated rings. The van der Waals surface area contributed by atoms with Crippen LogP contribution in [0.2, 0.25) is 0 Å². The van der Waals surface area contributed by atoms with E-state index < -0.39 is 16.1 Å². The van der Waals surface area contributed by atoms with E-state index in [1.54, 1.807) is 13.1 Å². The van der Waals surface area contributed by atoms with E-state index >= 15 is 0 Å². The number of aryl methyl sites for hydroxylation is 1. The van der Waals surface area contributed by atoms with E-state index in [4.69, 9.17) is 0 Å². The Bertz CT molecular complexity index is 1080. The van der Waals surface area contributed by atoms with Gasteiger partial charge in [-0.25, -0.2) is 18.4 Å². The lowest BCUT2D eigenvalue weighted by molar-refractivity contribution is 0.154. The zero-order chi connectivity index (χ0) is 19.0. The second-order valence-corrected chi connectivity index (χ2v) is 8.26. The van der Waals surface area contributed by atoms with E-state index in [9.17, 15) is 13.5 Å². The number of para-hydroxylation sites is 2. The van der Waals surface area contributed by atoms with Crippen LogP contribution in [0.25, 0.3) is 11.0 Å². The number of aromatic nitrogens is 4. The SMILES string of the molecule is Cn1cc(S(=O)(=O)Nc2nc3ccccc3nc2N2CCCC(O)C2)cn1. The van der Waals surface area contributed by atoms with E-state index in [1.807, 2.05) is 23.1 Å². The monoisotopic (exact) mass is 388 g/mol. The van der Waals surface area contributed by atoms with Gasteiger partial charge in [0, 0.05) is 26.3 Å². The quantitative estimate of drug-likeness (QED) is 0.689. The fourth-order valence-corrected chi connectivity index (χ4v) is 4.14. The van der Waals surface area contributed by atoms with Crippen LogP contribution >= 0.6 is 0 Å². The molecule has 1 aliphatic rings. The molecule has 1 aromatic carbocycles. The molecular formula is C17H20N6O3S. The molecular weight excluding hydrogens is 368 g/mol. The van der Waals surface area contributed by atoms with Gasteiger partial charge in [0.1, 0.15) is 4.90 Å². The molecule has 0 spiro atoms. The van der Waals surface area contributed by atoms with Gasteiger partial charge in [-0.05, 0) is 25.0 Å². The fraction of sp³-hybridized carbons (Fsp3) is 0.353. The summed E-state index contributed by atoms with van der Waals surface area (Å²) in [6.07, 6.45) is 3.73. The van der Waals surface area contributed by atoms with Gasteiger partial charge in [0.25, 0.3) is 10.0 Å². The molecule has 10 heteroatoms. The maximum absolute atomic E-state index is 12.8. The van der Waals surface area contributed by atoms with Gasteiger partial charge >= 0.3 is 0 Å². The number of sulfonamides is 1. The summed E-state index contributed by atoms with van der Waals surface area (Å²) in [7, 11) is -2.21. The Kier molecular flexibility index (Phi) is 4.44. The second-order valence-electron chi connectivity index (χ2n) is 6.58. The predicted molar refractivity (Wildman–Crippen MR) is 101 cm³/mol. The first kappa shape index (κ1) is 17.7. The molecule has 0 saturated carbocycles. The van der Waals surface area contributed by atoms with Crippen molar-refractivity contribution in [2.75, 3.05) is 22.7 Å². The number of piperidine rings is 1. The molecule has 4 rings (SSSR count). The highest BCUT2D eigenvalue weighted by atomic mass is 32.2. The van der Waals surface area contributed by atoms with Gasteiger partial charge in [-0.3, -0.25) is 9.40 Å². The Morgan fingerprint density at radius 2 is 1.96 bits per heavy atom. The number of fused-ring (bicyclic) bond motifs is 1. The fourth-order valence-electron chi connectivity index (χ4n) is 3.15. The number of benzene rings is 1. The number of aliphatic hydroxyl groups is 1. The van der Waals surface area contributed by atoms with Crippen molar-refractivity contribution in [1.29, 1.82) is 0 Å². The van der Waals surface area contributed by atoms with Crippen molar-refractivity contribution < 1.29 is 13.5 Å². The largest absolute Gasteiger partial charge is 0.391 e. The summed E-state index contributed by atoms with van der Waals surface area (Å²) in [5, 5.41) is 13.9. The Labute approximate surface area is 156 Å². The smallest absolute Gasteiger partial charge is 0.266 e. The summed E-state index contributed by atoms with van der Waals surface area (Å²) in [4.78, 5) is 11.0. The van der Waals surface area contributed by atoms with Crippen molar-refractivity contribution in [3.05, 3.63) is 36.7 Å². The molecule has 0 amide bonds. The number of hydrogen-bond acceptors (Lipinski definition) is 7. The molecule has 1 atom stereocenters. The summed E-state index contributed by atoms with van der Waals surface area (Å²) in [6.45, 7) is 1.06. The molecule has 1 unspecified atom stereocenters. The normalized spacial score (nSPS) is 18.0. The van der Waals surface area contributed by atoms with Crippen LogP contribution in [0.3, 0.4) is 0 Å². The van der Waals surface area contributed by atoms with E-state index in [0.717, 1.165) is 6.42 Å². The number of hydrogen-bond donors (Lipinski definition) is 2. The summed E-state index contributed by atoms with van der Waals surface area (Å²) in [5.41, 5.74) is 1.25. The predicted octanol–water partition coefficient (Wildman–Crippen LogP) is 1.13. The third-order valence-corrected chi connectivity index (χ3v) is 5.76. The van der Waals surface area contributed by atoms with Crippen molar-refractivity contribution in [3.8, 4) is 0 Å². The van der Waals surface area contributed by atoms with Crippen molar-refractivity contribution in [1.82, 2.24) is 19.7 Å². The van der Waals surface area contributed by atoms with Crippen LogP contribution in [0.5, 0.6) is 0 Å². The molecule has 3 aromatic rings. The van der Waals surface area contributed by atoms with Gasteiger partial charge in [-0.2, -0.15) is 5.10 Å². The molecule has 27 heavy (non-hydrogen) atoms. The molecule has 2 N–H and O–H groups in total. The van der Waals surface area contributed by atoms with Gasteiger partial charge in [0.05, 0.1) is 23.3 Å². The molecule has 9 nitrogen and oxygen atoms in total. The highest BCUT2D eigenvalue weighted by molar-refractivity contribution is 7.92. The maximum atomic E-state index is 12.8. The summed E-state index contributed by atoms with van der Waals surface area (Å²) >= 11 is 0. The number of nitrogens with one attached hydrogen (secondary N) is 1. The first-order valence-corrected chi connectivity index (χ1v) is 10.1. The number of aliphatic hydroxyl groups excluding tert-OH is 1. The average Bonchev–Trinajstić information content (AvgIpc) is 3.08. The van der Waals surface area contributed by atoms with Crippen molar-refractivity contribution in [2.45, 2.75) is 23.8 Å². The number of anilines is 2. The van der Waals surface area contributed by atoms with E-state index in [0.29, 0.717) is 36.4 Å². The van der Waals surface area contributed by atoms with Gasteiger partial charge in [0.15, 0.2) is 11.6 Å².